The lowest BCUT2D eigenvalue weighted by molar-refractivity contribution is -0.192. The van der Waals surface area contributed by atoms with E-state index in [0.29, 0.717) is 19.5 Å². The Balaban J connectivity index is 0.000000479. The van der Waals surface area contributed by atoms with E-state index in [9.17, 15) is 27.6 Å². The Bertz CT molecular complexity index is 1030. The number of likely N-dealkylation sites (tertiary alicyclic amines) is 1. The number of hydrogen-bond acceptors (Lipinski definition) is 7. The zero-order valence-electron chi connectivity index (χ0n) is 20.9. The zero-order chi connectivity index (χ0) is 27.5. The number of esters is 1. The van der Waals surface area contributed by atoms with Gasteiger partial charge in [0.2, 0.25) is 11.8 Å². The molecule has 4 atom stereocenters. The van der Waals surface area contributed by atoms with Gasteiger partial charge in [0.05, 0.1) is 18.9 Å². The molecule has 1 aromatic carbocycles. The van der Waals surface area contributed by atoms with Gasteiger partial charge in [0.25, 0.3) is 0 Å². The molecule has 3 fully saturated rings. The van der Waals surface area contributed by atoms with E-state index in [1.54, 1.807) is 0 Å². The van der Waals surface area contributed by atoms with Gasteiger partial charge in [0, 0.05) is 17.5 Å². The molecule has 8 nitrogen and oxygen atoms in total. The first kappa shape index (κ1) is 29.0. The normalized spacial score (nSPS) is 27.3. The van der Waals surface area contributed by atoms with Crippen molar-refractivity contribution in [2.75, 3.05) is 26.0 Å². The summed E-state index contributed by atoms with van der Waals surface area (Å²) in [7, 11) is 1.38. The van der Waals surface area contributed by atoms with Gasteiger partial charge in [-0.2, -0.15) is 13.2 Å². The van der Waals surface area contributed by atoms with Crippen molar-refractivity contribution >= 4 is 35.5 Å². The summed E-state index contributed by atoms with van der Waals surface area (Å²) in [6.45, 7) is 4.99. The molecule has 3 saturated heterocycles. The van der Waals surface area contributed by atoms with Crippen LogP contribution in [0.2, 0.25) is 0 Å². The van der Waals surface area contributed by atoms with Gasteiger partial charge in [0.15, 0.2) is 0 Å². The molecule has 0 saturated carbocycles. The van der Waals surface area contributed by atoms with E-state index in [4.69, 9.17) is 14.6 Å². The Morgan fingerprint density at radius 3 is 2.27 bits per heavy atom. The number of amides is 2. The summed E-state index contributed by atoms with van der Waals surface area (Å²) in [5.74, 6) is -3.66. The molecule has 3 aliphatic heterocycles. The van der Waals surface area contributed by atoms with Crippen LogP contribution in [0.4, 0.5) is 13.2 Å². The molecule has 1 aromatic rings. The number of carboxylic acids is 1. The largest absolute Gasteiger partial charge is 0.490 e. The second-order valence-electron chi connectivity index (χ2n) is 9.16. The number of imide groups is 1. The van der Waals surface area contributed by atoms with E-state index in [1.807, 2.05) is 18.7 Å². The van der Waals surface area contributed by atoms with Gasteiger partial charge < -0.3 is 9.84 Å². The van der Waals surface area contributed by atoms with E-state index in [0.717, 1.165) is 30.6 Å². The molecule has 0 aromatic heterocycles. The fourth-order valence-corrected chi connectivity index (χ4v) is 6.48. The predicted octanol–water partition coefficient (Wildman–Crippen LogP) is 3.90. The Morgan fingerprint density at radius 2 is 1.76 bits per heavy atom. The first-order valence-electron chi connectivity index (χ1n) is 12.2. The Kier molecular flexibility index (Phi) is 8.94. The van der Waals surface area contributed by atoms with Crippen molar-refractivity contribution in [3.63, 3.8) is 0 Å². The number of halogens is 3. The van der Waals surface area contributed by atoms with Crippen LogP contribution in [-0.2, 0) is 23.9 Å². The van der Waals surface area contributed by atoms with Gasteiger partial charge in [0.1, 0.15) is 5.54 Å². The topological polar surface area (TPSA) is 104 Å². The maximum Gasteiger partial charge on any atom is 0.490 e. The first-order chi connectivity index (χ1) is 17.4. The third kappa shape index (κ3) is 5.22. The number of methoxy groups -OCH3 is 1. The highest BCUT2D eigenvalue weighted by Gasteiger charge is 2.72. The number of thioether (sulfide) groups is 1. The van der Waals surface area contributed by atoms with Crippen LogP contribution in [0.15, 0.2) is 29.2 Å². The summed E-state index contributed by atoms with van der Waals surface area (Å²) < 4.78 is 37.0. The van der Waals surface area contributed by atoms with Gasteiger partial charge in [-0.25, -0.2) is 4.79 Å². The first-order valence-corrected chi connectivity index (χ1v) is 13.2. The van der Waals surface area contributed by atoms with Crippen molar-refractivity contribution < 1.29 is 42.2 Å². The number of rotatable bonds is 6. The number of carbonyl (C=O) groups excluding carboxylic acids is 3. The van der Waals surface area contributed by atoms with Crippen LogP contribution in [0.3, 0.4) is 0 Å². The summed E-state index contributed by atoms with van der Waals surface area (Å²) in [5, 5.41) is 7.12. The van der Waals surface area contributed by atoms with Gasteiger partial charge in [-0.3, -0.25) is 24.2 Å². The third-order valence-corrected chi connectivity index (χ3v) is 8.36. The number of ether oxygens (including phenoxy) is 1. The highest BCUT2D eigenvalue weighted by atomic mass is 32.2. The molecule has 0 bridgehead atoms. The number of piperidine rings is 1. The quantitative estimate of drug-likeness (QED) is 0.327. The van der Waals surface area contributed by atoms with E-state index in [2.05, 4.69) is 36.1 Å². The number of fused-ring (bicyclic) bond motifs is 3. The van der Waals surface area contributed by atoms with Crippen LogP contribution >= 0.6 is 11.8 Å². The highest BCUT2D eigenvalue weighted by Crippen LogP contribution is 2.58. The van der Waals surface area contributed by atoms with Gasteiger partial charge in [-0.05, 0) is 62.6 Å². The summed E-state index contributed by atoms with van der Waals surface area (Å²) in [6.07, 6.45) is -1.63. The van der Waals surface area contributed by atoms with E-state index in [-0.39, 0.29) is 23.8 Å². The maximum absolute atomic E-state index is 13.3. The SMILES string of the molecule is CCCSc1ccc([C@@H]2[C@H]3C(=O)N(CC)C(=O)[C@H]3[C@]3(C(=O)OC)CCCCN23)cc1.O=C(O)C(F)(F)F. The smallest absolute Gasteiger partial charge is 0.475 e. The molecule has 204 valence electrons. The molecule has 12 heteroatoms. The standard InChI is InChI=1S/C23H30N2O4S.C2HF3O2/c1-4-14-30-16-10-8-15(9-11-16)19-17-18(21(27)24(5-2)20(17)26)23(22(28)29-3)12-6-7-13-25(19)23;3-2(4,5)1(6)7/h8-11,17-19H,4-7,12-14H2,1-3H3;(H,6,7)/t17-,18-,19+,23-;/m0./s1. The lowest BCUT2D eigenvalue weighted by atomic mass is 9.75. The van der Waals surface area contributed by atoms with Crippen LogP contribution < -0.4 is 0 Å². The molecule has 37 heavy (non-hydrogen) atoms. The number of carbonyl (C=O) groups is 4. The molecule has 3 heterocycles. The molecule has 3 aliphatic rings. The minimum absolute atomic E-state index is 0.153. The van der Waals surface area contributed by atoms with Gasteiger partial charge in [-0.1, -0.05) is 19.1 Å². The number of nitrogens with zero attached hydrogens (tertiary/aromatic N) is 2. The lowest BCUT2D eigenvalue weighted by Gasteiger charge is -2.44. The average Bonchev–Trinajstić information content (AvgIpc) is 3.32. The fourth-order valence-electron chi connectivity index (χ4n) is 5.71. The molecular formula is C25H31F3N2O6S. The molecule has 4 rings (SSSR count). The van der Waals surface area contributed by atoms with Crippen molar-refractivity contribution in [1.82, 2.24) is 9.80 Å². The highest BCUT2D eigenvalue weighted by molar-refractivity contribution is 7.99. The monoisotopic (exact) mass is 544 g/mol. The van der Waals surface area contributed by atoms with Crippen LogP contribution in [0.1, 0.15) is 51.1 Å². The zero-order valence-corrected chi connectivity index (χ0v) is 21.7. The average molecular weight is 545 g/mol. The second kappa shape index (κ2) is 11.4. The minimum Gasteiger partial charge on any atom is -0.475 e. The predicted molar refractivity (Wildman–Crippen MR) is 129 cm³/mol. The molecule has 0 spiro atoms. The van der Waals surface area contributed by atoms with Crippen LogP contribution in [0.25, 0.3) is 0 Å². The van der Waals surface area contributed by atoms with Crippen molar-refractivity contribution in [1.29, 1.82) is 0 Å². The number of aliphatic carboxylic acids is 1. The fraction of sp³-hybridized carbons (Fsp3) is 0.600. The Hall–Kier alpha value is -2.60. The van der Waals surface area contributed by atoms with E-state index >= 15 is 0 Å². The molecule has 0 aliphatic carbocycles. The van der Waals surface area contributed by atoms with E-state index in [1.165, 1.54) is 16.9 Å². The van der Waals surface area contributed by atoms with Crippen LogP contribution in [0, 0.1) is 11.8 Å². The number of hydrogen-bond donors (Lipinski definition) is 1. The van der Waals surface area contributed by atoms with Crippen molar-refractivity contribution in [3.8, 4) is 0 Å². The maximum atomic E-state index is 13.3. The molecule has 0 unspecified atom stereocenters. The Labute approximate surface area is 217 Å². The second-order valence-corrected chi connectivity index (χ2v) is 10.3. The minimum atomic E-state index is -5.08. The summed E-state index contributed by atoms with van der Waals surface area (Å²) in [5.41, 5.74) is -0.0492. The van der Waals surface area contributed by atoms with Gasteiger partial charge in [-0.15, -0.1) is 11.8 Å². The summed E-state index contributed by atoms with van der Waals surface area (Å²) in [6, 6.07) is 8.02. The number of benzene rings is 1. The molecular weight excluding hydrogens is 513 g/mol. The molecule has 1 N–H and O–H groups in total. The van der Waals surface area contributed by atoms with Crippen molar-refractivity contribution in [3.05, 3.63) is 29.8 Å². The molecule has 0 radical (unpaired) electrons. The van der Waals surface area contributed by atoms with Crippen LogP contribution in [-0.4, -0.2) is 76.3 Å². The summed E-state index contributed by atoms with van der Waals surface area (Å²) in [4.78, 5) is 53.4. The Morgan fingerprint density at radius 1 is 1.14 bits per heavy atom. The van der Waals surface area contributed by atoms with Crippen molar-refractivity contribution in [2.45, 2.75) is 62.2 Å². The van der Waals surface area contributed by atoms with E-state index < -0.39 is 29.5 Å². The molecule has 2 amide bonds. The number of carboxylic acid groups (broad SMARTS) is 1. The third-order valence-electron chi connectivity index (χ3n) is 7.14. The lowest BCUT2D eigenvalue weighted by Crippen LogP contribution is -2.59. The summed E-state index contributed by atoms with van der Waals surface area (Å²) >= 11 is 1.81. The van der Waals surface area contributed by atoms with Crippen molar-refractivity contribution in [2.24, 2.45) is 11.8 Å². The number of alkyl halides is 3. The van der Waals surface area contributed by atoms with Gasteiger partial charge >= 0.3 is 18.1 Å². The van der Waals surface area contributed by atoms with Crippen LogP contribution in [0.5, 0.6) is 0 Å².